The number of amides is 1. The Morgan fingerprint density at radius 1 is 1.53 bits per heavy atom. The lowest BCUT2D eigenvalue weighted by Gasteiger charge is -2.33. The van der Waals surface area contributed by atoms with Crippen LogP contribution < -0.4 is 5.32 Å². The molecule has 4 nitrogen and oxygen atoms in total. The summed E-state index contributed by atoms with van der Waals surface area (Å²) in [4.78, 5) is 13.8. The lowest BCUT2D eigenvalue weighted by Crippen LogP contribution is -2.45. The van der Waals surface area contributed by atoms with Crippen LogP contribution in [0.15, 0.2) is 0 Å². The van der Waals surface area contributed by atoms with Crippen molar-refractivity contribution >= 4 is 5.91 Å². The molecule has 1 aliphatic rings. The number of ether oxygens (including phenoxy) is 1. The van der Waals surface area contributed by atoms with Crippen LogP contribution in [0.25, 0.3) is 0 Å². The second kappa shape index (κ2) is 7.67. The maximum absolute atomic E-state index is 11.8. The van der Waals surface area contributed by atoms with Crippen LogP contribution >= 0.6 is 0 Å². The second-order valence-electron chi connectivity index (χ2n) is 5.05. The molecule has 1 rings (SSSR count). The van der Waals surface area contributed by atoms with Crippen LogP contribution in [0.1, 0.15) is 33.6 Å². The van der Waals surface area contributed by atoms with Crippen LogP contribution in [-0.4, -0.2) is 49.7 Å². The third-order valence-corrected chi connectivity index (χ3v) is 3.12. The largest absolute Gasteiger partial charge is 0.372 e. The number of nitrogens with zero attached hydrogens (tertiary/aromatic N) is 1. The number of hydrogen-bond donors (Lipinski definition) is 1. The van der Waals surface area contributed by atoms with Crippen molar-refractivity contribution in [2.45, 2.75) is 39.7 Å². The molecule has 1 N–H and O–H groups in total. The Morgan fingerprint density at radius 3 is 2.94 bits per heavy atom. The van der Waals surface area contributed by atoms with Crippen molar-refractivity contribution in [2.24, 2.45) is 5.92 Å². The van der Waals surface area contributed by atoms with Crippen LogP contribution in [0.2, 0.25) is 0 Å². The van der Waals surface area contributed by atoms with E-state index in [1.54, 1.807) is 0 Å². The highest BCUT2D eigenvalue weighted by Crippen LogP contribution is 2.16. The molecule has 1 atom stereocenters. The molecule has 1 unspecified atom stereocenters. The summed E-state index contributed by atoms with van der Waals surface area (Å²) < 4.78 is 5.18. The van der Waals surface area contributed by atoms with Crippen molar-refractivity contribution in [1.29, 1.82) is 0 Å². The van der Waals surface area contributed by atoms with E-state index < -0.39 is 0 Å². The minimum absolute atomic E-state index is 0.140. The van der Waals surface area contributed by atoms with E-state index >= 15 is 0 Å². The number of piperidine rings is 1. The lowest BCUT2D eigenvalue weighted by atomic mass is 9.97. The highest BCUT2D eigenvalue weighted by atomic mass is 16.5. The molecule has 1 aliphatic heterocycles. The van der Waals surface area contributed by atoms with E-state index in [1.807, 2.05) is 11.8 Å². The van der Waals surface area contributed by atoms with Gasteiger partial charge in [0, 0.05) is 25.7 Å². The van der Waals surface area contributed by atoms with Gasteiger partial charge in [-0.25, -0.2) is 0 Å². The third kappa shape index (κ3) is 5.50. The van der Waals surface area contributed by atoms with E-state index in [2.05, 4.69) is 19.2 Å². The van der Waals surface area contributed by atoms with Crippen LogP contribution in [0, 0.1) is 5.92 Å². The van der Waals surface area contributed by atoms with Gasteiger partial charge < -0.3 is 15.0 Å². The first-order valence-electron chi connectivity index (χ1n) is 6.72. The monoisotopic (exact) mass is 242 g/mol. The van der Waals surface area contributed by atoms with Gasteiger partial charge in [-0.15, -0.1) is 0 Å². The summed E-state index contributed by atoms with van der Waals surface area (Å²) in [5.74, 6) is 0.734. The number of rotatable bonds is 6. The van der Waals surface area contributed by atoms with Crippen molar-refractivity contribution in [3.63, 3.8) is 0 Å². The van der Waals surface area contributed by atoms with Gasteiger partial charge in [0.25, 0.3) is 0 Å². The third-order valence-electron chi connectivity index (χ3n) is 3.12. The van der Waals surface area contributed by atoms with Gasteiger partial charge in [-0.05, 0) is 32.2 Å². The summed E-state index contributed by atoms with van der Waals surface area (Å²) in [5.41, 5.74) is 0. The molecule has 0 saturated carbocycles. The Morgan fingerprint density at radius 2 is 2.29 bits per heavy atom. The molecule has 100 valence electrons. The first-order chi connectivity index (χ1) is 8.13. The summed E-state index contributed by atoms with van der Waals surface area (Å²) in [5, 5.41) is 3.45. The van der Waals surface area contributed by atoms with Gasteiger partial charge in [0.1, 0.15) is 6.61 Å². The Bertz CT molecular complexity index is 231. The summed E-state index contributed by atoms with van der Waals surface area (Å²) in [6.07, 6.45) is 2.33. The fraction of sp³-hybridized carbons (Fsp3) is 0.923. The fourth-order valence-electron chi connectivity index (χ4n) is 2.14. The van der Waals surface area contributed by atoms with Gasteiger partial charge in [0.2, 0.25) is 5.91 Å². The minimum Gasteiger partial charge on any atom is -0.372 e. The van der Waals surface area contributed by atoms with E-state index in [-0.39, 0.29) is 12.5 Å². The molecule has 1 heterocycles. The molecule has 0 radical (unpaired) electrons. The fourth-order valence-corrected chi connectivity index (χ4v) is 2.14. The maximum Gasteiger partial charge on any atom is 0.248 e. The van der Waals surface area contributed by atoms with E-state index in [0.29, 0.717) is 18.6 Å². The highest BCUT2D eigenvalue weighted by molar-refractivity contribution is 5.77. The predicted octanol–water partition coefficient (Wildman–Crippen LogP) is 1.26. The SMILES string of the molecule is CCOCC(=O)N1CCCC(CNC(C)C)C1. The molecule has 1 saturated heterocycles. The normalized spacial score (nSPS) is 20.9. The van der Waals surface area contributed by atoms with E-state index in [1.165, 1.54) is 6.42 Å². The first kappa shape index (κ1) is 14.5. The van der Waals surface area contributed by atoms with Gasteiger partial charge in [-0.1, -0.05) is 13.8 Å². The molecular formula is C13H26N2O2. The van der Waals surface area contributed by atoms with Crippen molar-refractivity contribution < 1.29 is 9.53 Å². The Labute approximate surface area is 105 Å². The zero-order valence-electron chi connectivity index (χ0n) is 11.4. The molecule has 4 heteroatoms. The van der Waals surface area contributed by atoms with Crippen LogP contribution in [0.5, 0.6) is 0 Å². The average Bonchev–Trinajstić information content (AvgIpc) is 2.33. The minimum atomic E-state index is 0.140. The average molecular weight is 242 g/mol. The molecule has 0 aromatic rings. The van der Waals surface area contributed by atoms with Gasteiger partial charge in [0.05, 0.1) is 0 Å². The standard InChI is InChI=1S/C13H26N2O2/c1-4-17-10-13(16)15-7-5-6-12(9-15)8-14-11(2)3/h11-12,14H,4-10H2,1-3H3. The quantitative estimate of drug-likeness (QED) is 0.762. The number of likely N-dealkylation sites (tertiary alicyclic amines) is 1. The van der Waals surface area contributed by atoms with Crippen LogP contribution in [-0.2, 0) is 9.53 Å². The van der Waals surface area contributed by atoms with Crippen molar-refractivity contribution in [3.8, 4) is 0 Å². The summed E-state index contributed by atoms with van der Waals surface area (Å²) in [7, 11) is 0. The molecule has 0 spiro atoms. The topological polar surface area (TPSA) is 41.6 Å². The van der Waals surface area contributed by atoms with Crippen molar-refractivity contribution in [2.75, 3.05) is 32.8 Å². The molecule has 1 amide bonds. The summed E-state index contributed by atoms with van der Waals surface area (Å²) in [6, 6.07) is 0.518. The van der Waals surface area contributed by atoms with Gasteiger partial charge in [0.15, 0.2) is 0 Å². The van der Waals surface area contributed by atoms with Gasteiger partial charge in [-0.2, -0.15) is 0 Å². The summed E-state index contributed by atoms with van der Waals surface area (Å²) in [6.45, 7) is 9.85. The van der Waals surface area contributed by atoms with Crippen molar-refractivity contribution in [3.05, 3.63) is 0 Å². The van der Waals surface area contributed by atoms with E-state index in [9.17, 15) is 4.79 Å². The Hall–Kier alpha value is -0.610. The number of carbonyl (C=O) groups is 1. The molecule has 0 aromatic carbocycles. The smallest absolute Gasteiger partial charge is 0.248 e. The molecule has 0 bridgehead atoms. The second-order valence-corrected chi connectivity index (χ2v) is 5.05. The van der Waals surface area contributed by atoms with Crippen LogP contribution in [0.3, 0.4) is 0 Å². The van der Waals surface area contributed by atoms with Crippen LogP contribution in [0.4, 0.5) is 0 Å². The predicted molar refractivity (Wildman–Crippen MR) is 68.9 cm³/mol. The van der Waals surface area contributed by atoms with Gasteiger partial charge in [-0.3, -0.25) is 4.79 Å². The zero-order valence-corrected chi connectivity index (χ0v) is 11.4. The molecule has 1 fully saturated rings. The van der Waals surface area contributed by atoms with E-state index in [0.717, 1.165) is 26.1 Å². The molecule has 0 aromatic heterocycles. The van der Waals surface area contributed by atoms with E-state index in [4.69, 9.17) is 4.74 Å². The summed E-state index contributed by atoms with van der Waals surface area (Å²) >= 11 is 0. The molecule has 0 aliphatic carbocycles. The van der Waals surface area contributed by atoms with Gasteiger partial charge >= 0.3 is 0 Å². The first-order valence-corrected chi connectivity index (χ1v) is 6.72. The highest BCUT2D eigenvalue weighted by Gasteiger charge is 2.23. The zero-order chi connectivity index (χ0) is 12.7. The Kier molecular flexibility index (Phi) is 6.52. The number of carbonyl (C=O) groups excluding carboxylic acids is 1. The Balaban J connectivity index is 2.30. The maximum atomic E-state index is 11.8. The van der Waals surface area contributed by atoms with Crippen molar-refractivity contribution in [1.82, 2.24) is 10.2 Å². The lowest BCUT2D eigenvalue weighted by molar-refractivity contribution is -0.137. The number of hydrogen-bond acceptors (Lipinski definition) is 3. The molecular weight excluding hydrogens is 216 g/mol. The molecule has 17 heavy (non-hydrogen) atoms. The number of nitrogens with one attached hydrogen (secondary N) is 1.